The number of benzene rings is 1. The second kappa shape index (κ2) is 8.05. The van der Waals surface area contributed by atoms with Crippen LogP contribution in [0.3, 0.4) is 0 Å². The fourth-order valence-electron chi connectivity index (χ4n) is 4.56. The van der Waals surface area contributed by atoms with Crippen molar-refractivity contribution in [3.05, 3.63) is 48.1 Å². The van der Waals surface area contributed by atoms with E-state index in [9.17, 15) is 0 Å². The van der Waals surface area contributed by atoms with Crippen molar-refractivity contribution in [3.8, 4) is 0 Å². The Balaban J connectivity index is 1.53. The normalized spacial score (nSPS) is 22.2. The lowest BCUT2D eigenvalue weighted by atomic mass is 9.85. The molecule has 4 rings (SSSR count). The summed E-state index contributed by atoms with van der Waals surface area (Å²) < 4.78 is 7.94. The molecule has 28 heavy (non-hydrogen) atoms. The molecule has 0 aliphatic carbocycles. The van der Waals surface area contributed by atoms with Gasteiger partial charge in [-0.05, 0) is 58.0 Å². The van der Waals surface area contributed by atoms with E-state index in [4.69, 9.17) is 9.40 Å². The summed E-state index contributed by atoms with van der Waals surface area (Å²) in [5, 5.41) is 4.43. The fourth-order valence-corrected chi connectivity index (χ4v) is 4.56. The summed E-state index contributed by atoms with van der Waals surface area (Å²) >= 11 is 0. The highest BCUT2D eigenvalue weighted by molar-refractivity contribution is 5.72. The lowest BCUT2D eigenvalue weighted by Gasteiger charge is -2.42. The van der Waals surface area contributed by atoms with Gasteiger partial charge in [-0.25, -0.2) is 4.98 Å². The molecule has 6 nitrogen and oxygen atoms in total. The van der Waals surface area contributed by atoms with Crippen LogP contribution in [0.4, 0.5) is 0 Å². The van der Waals surface area contributed by atoms with Crippen molar-refractivity contribution >= 4 is 11.1 Å². The van der Waals surface area contributed by atoms with Crippen molar-refractivity contribution in [2.75, 3.05) is 26.7 Å². The number of likely N-dealkylation sites (tertiary alicyclic amines) is 1. The molecule has 3 atom stereocenters. The highest BCUT2D eigenvalue weighted by Crippen LogP contribution is 2.37. The minimum atomic E-state index is 0.138. The summed E-state index contributed by atoms with van der Waals surface area (Å²) in [6, 6.07) is 8.55. The highest BCUT2D eigenvalue weighted by Gasteiger charge is 2.34. The van der Waals surface area contributed by atoms with Crippen LogP contribution in [0.25, 0.3) is 11.1 Å². The van der Waals surface area contributed by atoms with Crippen LogP contribution in [0.2, 0.25) is 0 Å². The van der Waals surface area contributed by atoms with Crippen molar-refractivity contribution in [1.29, 1.82) is 0 Å². The van der Waals surface area contributed by atoms with Gasteiger partial charge < -0.3 is 4.42 Å². The van der Waals surface area contributed by atoms with Gasteiger partial charge in [-0.1, -0.05) is 19.1 Å². The Hall–Kier alpha value is -2.18. The minimum Gasteiger partial charge on any atom is -0.439 e. The standard InChI is InChI=1S/C22H31N5O/c1-5-27-12-8-9-17(21(27)18-13-23-26(4)15-18)14-25(3)16(2)22-24-19-10-6-7-11-20(19)28-22/h6-7,10-11,13,15-17,21H,5,8-9,12,14H2,1-4H3/t16?,17-,21+/m0/s1. The lowest BCUT2D eigenvalue weighted by molar-refractivity contribution is 0.0650. The Morgan fingerprint density at radius 1 is 1.32 bits per heavy atom. The third kappa shape index (κ3) is 3.71. The van der Waals surface area contributed by atoms with E-state index in [1.54, 1.807) is 0 Å². The maximum absolute atomic E-state index is 6.02. The molecule has 1 unspecified atom stereocenters. The summed E-state index contributed by atoms with van der Waals surface area (Å²) in [5.41, 5.74) is 3.12. The largest absolute Gasteiger partial charge is 0.439 e. The molecule has 0 N–H and O–H groups in total. The molecule has 150 valence electrons. The Kier molecular flexibility index (Phi) is 5.51. The van der Waals surface area contributed by atoms with Crippen LogP contribution < -0.4 is 0 Å². The van der Waals surface area contributed by atoms with E-state index >= 15 is 0 Å². The zero-order chi connectivity index (χ0) is 19.7. The molecule has 1 fully saturated rings. The lowest BCUT2D eigenvalue weighted by Crippen LogP contribution is -2.43. The van der Waals surface area contributed by atoms with Crippen molar-refractivity contribution in [1.82, 2.24) is 24.6 Å². The number of oxazole rings is 1. The molecule has 2 aromatic heterocycles. The second-order valence-electron chi connectivity index (χ2n) is 8.06. The molecule has 0 spiro atoms. The van der Waals surface area contributed by atoms with E-state index in [-0.39, 0.29) is 6.04 Å². The molecule has 3 aromatic rings. The van der Waals surface area contributed by atoms with Crippen LogP contribution in [0.1, 0.15) is 50.2 Å². The van der Waals surface area contributed by atoms with E-state index in [0.29, 0.717) is 12.0 Å². The molecule has 3 heterocycles. The summed E-state index contributed by atoms with van der Waals surface area (Å²) in [5.74, 6) is 1.36. The van der Waals surface area contributed by atoms with Crippen LogP contribution in [-0.4, -0.2) is 51.2 Å². The van der Waals surface area contributed by atoms with Crippen LogP contribution in [0.5, 0.6) is 0 Å². The Labute approximate surface area is 167 Å². The van der Waals surface area contributed by atoms with E-state index in [1.807, 2.05) is 42.2 Å². The molecule has 1 saturated heterocycles. The van der Waals surface area contributed by atoms with Gasteiger partial charge in [0.05, 0.1) is 12.2 Å². The zero-order valence-corrected chi connectivity index (χ0v) is 17.4. The van der Waals surface area contributed by atoms with Gasteiger partial charge in [0.25, 0.3) is 0 Å². The number of para-hydroxylation sites is 2. The average molecular weight is 382 g/mol. The fraction of sp³-hybridized carbons (Fsp3) is 0.545. The first kappa shape index (κ1) is 19.2. The molecule has 0 saturated carbocycles. The SMILES string of the molecule is CCN1CCC[C@@H](CN(C)C(C)c2nc3ccccc3o2)[C@@H]1c1cnn(C)c1. The average Bonchev–Trinajstić information content (AvgIpc) is 3.33. The Morgan fingerprint density at radius 2 is 2.14 bits per heavy atom. The predicted molar refractivity (Wildman–Crippen MR) is 111 cm³/mol. The van der Waals surface area contributed by atoms with Gasteiger partial charge in [-0.15, -0.1) is 0 Å². The van der Waals surface area contributed by atoms with Gasteiger partial charge in [0.15, 0.2) is 5.58 Å². The third-order valence-corrected chi connectivity index (χ3v) is 6.18. The smallest absolute Gasteiger partial charge is 0.212 e. The van der Waals surface area contributed by atoms with Gasteiger partial charge in [-0.3, -0.25) is 14.5 Å². The highest BCUT2D eigenvalue weighted by atomic mass is 16.3. The minimum absolute atomic E-state index is 0.138. The maximum atomic E-state index is 6.02. The van der Waals surface area contributed by atoms with Gasteiger partial charge >= 0.3 is 0 Å². The maximum Gasteiger partial charge on any atom is 0.212 e. The van der Waals surface area contributed by atoms with E-state index in [1.165, 1.54) is 18.4 Å². The molecule has 1 aliphatic rings. The van der Waals surface area contributed by atoms with Gasteiger partial charge in [0.1, 0.15) is 5.52 Å². The summed E-state index contributed by atoms with van der Waals surface area (Å²) in [6.07, 6.45) is 6.70. The molecule has 0 bridgehead atoms. The van der Waals surface area contributed by atoms with E-state index in [2.05, 4.69) is 42.0 Å². The van der Waals surface area contributed by atoms with Crippen molar-refractivity contribution in [2.45, 2.75) is 38.8 Å². The molecular formula is C22H31N5O. The number of aryl methyl sites for hydroxylation is 1. The first-order chi connectivity index (χ1) is 13.6. The van der Waals surface area contributed by atoms with E-state index < -0.39 is 0 Å². The number of piperidine rings is 1. The third-order valence-electron chi connectivity index (χ3n) is 6.18. The molecule has 1 aromatic carbocycles. The summed E-state index contributed by atoms with van der Waals surface area (Å²) in [6.45, 7) is 7.69. The van der Waals surface area contributed by atoms with Crippen molar-refractivity contribution < 1.29 is 4.42 Å². The molecule has 6 heteroatoms. The molecule has 0 radical (unpaired) electrons. The van der Waals surface area contributed by atoms with Crippen LogP contribution in [-0.2, 0) is 7.05 Å². The van der Waals surface area contributed by atoms with Crippen molar-refractivity contribution in [3.63, 3.8) is 0 Å². The molecule has 0 amide bonds. The number of hydrogen-bond acceptors (Lipinski definition) is 5. The Bertz CT molecular complexity index is 883. The first-order valence-corrected chi connectivity index (χ1v) is 10.3. The predicted octanol–water partition coefficient (Wildman–Crippen LogP) is 4.03. The number of nitrogens with zero attached hydrogens (tertiary/aromatic N) is 5. The first-order valence-electron chi connectivity index (χ1n) is 10.3. The number of fused-ring (bicyclic) bond motifs is 1. The summed E-state index contributed by atoms with van der Waals surface area (Å²) in [4.78, 5) is 9.69. The number of rotatable bonds is 6. The van der Waals surface area contributed by atoms with Crippen LogP contribution in [0.15, 0.2) is 41.1 Å². The van der Waals surface area contributed by atoms with Crippen LogP contribution in [0, 0.1) is 5.92 Å². The molecular weight excluding hydrogens is 350 g/mol. The monoisotopic (exact) mass is 381 g/mol. The van der Waals surface area contributed by atoms with Gasteiger partial charge in [0.2, 0.25) is 5.89 Å². The topological polar surface area (TPSA) is 50.3 Å². The number of aromatic nitrogens is 3. The van der Waals surface area contributed by atoms with Gasteiger partial charge in [0, 0.05) is 31.4 Å². The zero-order valence-electron chi connectivity index (χ0n) is 17.4. The van der Waals surface area contributed by atoms with E-state index in [0.717, 1.165) is 36.6 Å². The van der Waals surface area contributed by atoms with Crippen molar-refractivity contribution in [2.24, 2.45) is 13.0 Å². The molecule has 1 aliphatic heterocycles. The number of hydrogen-bond donors (Lipinski definition) is 0. The van der Waals surface area contributed by atoms with Crippen LogP contribution >= 0.6 is 0 Å². The Morgan fingerprint density at radius 3 is 2.86 bits per heavy atom. The second-order valence-corrected chi connectivity index (χ2v) is 8.06. The summed E-state index contributed by atoms with van der Waals surface area (Å²) in [7, 11) is 4.18. The quantitative estimate of drug-likeness (QED) is 0.645. The van der Waals surface area contributed by atoms with Gasteiger partial charge in [-0.2, -0.15) is 5.10 Å².